The molecule has 0 aliphatic heterocycles. The van der Waals surface area contributed by atoms with Gasteiger partial charge in [-0.3, -0.25) is 0 Å². The van der Waals surface area contributed by atoms with E-state index >= 15 is 0 Å². The summed E-state index contributed by atoms with van der Waals surface area (Å²) in [5.41, 5.74) is 6.64. The Labute approximate surface area is 98.6 Å². The number of hydrogen-bond donors (Lipinski definition) is 2. The summed E-state index contributed by atoms with van der Waals surface area (Å²) in [5, 5.41) is 8.32. The van der Waals surface area contributed by atoms with Crippen LogP contribution in [0.1, 0.15) is 5.69 Å². The third-order valence-electron chi connectivity index (χ3n) is 1.94. The monoisotopic (exact) mass is 238 g/mol. The number of aromatic nitrogens is 2. The zero-order chi connectivity index (χ0) is 11.8. The lowest BCUT2D eigenvalue weighted by Gasteiger charge is -2.15. The summed E-state index contributed by atoms with van der Waals surface area (Å²) in [6.45, 7) is 0.760. The Bertz CT molecular complexity index is 366. The van der Waals surface area contributed by atoms with Crippen molar-refractivity contribution >= 4 is 17.7 Å². The number of H-pyrrole nitrogens is 1. The molecule has 3 N–H and O–H groups in total. The van der Waals surface area contributed by atoms with E-state index in [4.69, 9.17) is 11.0 Å². The van der Waals surface area contributed by atoms with Crippen LogP contribution in [-0.4, -0.2) is 40.2 Å². The van der Waals surface area contributed by atoms with Crippen LogP contribution in [0.5, 0.6) is 0 Å². The van der Waals surface area contributed by atoms with E-state index in [1.54, 1.807) is 29.2 Å². The number of imidazole rings is 1. The maximum absolute atomic E-state index is 8.32. The van der Waals surface area contributed by atoms with E-state index in [1.165, 1.54) is 0 Å². The van der Waals surface area contributed by atoms with Gasteiger partial charge in [-0.05, 0) is 0 Å². The Kier molecular flexibility index (Phi) is 5.22. The van der Waals surface area contributed by atoms with Gasteiger partial charge in [0, 0.05) is 37.0 Å². The number of aromatic amines is 1. The summed E-state index contributed by atoms with van der Waals surface area (Å²) in [5.74, 6) is 2.06. The van der Waals surface area contributed by atoms with Crippen LogP contribution in [0, 0.1) is 11.5 Å². The molecular formula is C9H14N6S. The van der Waals surface area contributed by atoms with Gasteiger partial charge in [0.2, 0.25) is 12.2 Å². The Morgan fingerprint density at radius 2 is 2.62 bits per heavy atom. The molecule has 0 aliphatic carbocycles. The van der Waals surface area contributed by atoms with Gasteiger partial charge in [0.1, 0.15) is 0 Å². The van der Waals surface area contributed by atoms with Crippen LogP contribution in [0.15, 0.2) is 17.5 Å². The summed E-state index contributed by atoms with van der Waals surface area (Å²) < 4.78 is 0. The number of thioether (sulfide) groups is 1. The maximum atomic E-state index is 8.32. The molecule has 0 atom stereocenters. The highest BCUT2D eigenvalue weighted by Gasteiger charge is 2.01. The molecule has 0 saturated heterocycles. The molecule has 0 aliphatic rings. The highest BCUT2D eigenvalue weighted by Crippen LogP contribution is 2.08. The van der Waals surface area contributed by atoms with Crippen molar-refractivity contribution in [3.8, 4) is 6.19 Å². The Balaban J connectivity index is 2.16. The number of nitriles is 1. The van der Waals surface area contributed by atoms with Crippen molar-refractivity contribution in [1.82, 2.24) is 14.9 Å². The normalized spacial score (nSPS) is 11.1. The smallest absolute Gasteiger partial charge is 0.209 e. The van der Waals surface area contributed by atoms with Gasteiger partial charge in [-0.15, -0.1) is 4.99 Å². The van der Waals surface area contributed by atoms with E-state index in [0.29, 0.717) is 0 Å². The number of nitrogens with one attached hydrogen (secondary N) is 1. The second-order valence-corrected chi connectivity index (χ2v) is 4.23. The van der Waals surface area contributed by atoms with E-state index in [2.05, 4.69) is 15.0 Å². The zero-order valence-electron chi connectivity index (χ0n) is 9.05. The molecule has 0 spiro atoms. The van der Waals surface area contributed by atoms with Crippen LogP contribution in [0.2, 0.25) is 0 Å². The van der Waals surface area contributed by atoms with Gasteiger partial charge in [-0.2, -0.15) is 17.0 Å². The number of nitrogens with two attached hydrogens (primary N) is 1. The highest BCUT2D eigenvalue weighted by atomic mass is 32.2. The van der Waals surface area contributed by atoms with Crippen molar-refractivity contribution in [3.05, 3.63) is 18.2 Å². The second kappa shape index (κ2) is 6.74. The lowest BCUT2D eigenvalue weighted by molar-refractivity contribution is 0.534. The molecule has 0 amide bonds. The summed E-state index contributed by atoms with van der Waals surface area (Å²) >= 11 is 1.77. The molecule has 7 heteroatoms. The van der Waals surface area contributed by atoms with Gasteiger partial charge >= 0.3 is 0 Å². The summed E-state index contributed by atoms with van der Waals surface area (Å²) in [6.07, 6.45) is 5.14. The molecule has 0 saturated carbocycles. The minimum Gasteiger partial charge on any atom is -0.369 e. The minimum atomic E-state index is 0.254. The maximum Gasteiger partial charge on any atom is 0.209 e. The first-order chi connectivity index (χ1) is 7.74. The molecule has 0 unspecified atom stereocenters. The number of guanidine groups is 1. The quantitative estimate of drug-likeness (QED) is 0.334. The minimum absolute atomic E-state index is 0.254. The average Bonchev–Trinajstić information content (AvgIpc) is 2.77. The third-order valence-corrected chi connectivity index (χ3v) is 2.93. The van der Waals surface area contributed by atoms with Crippen LogP contribution in [0.25, 0.3) is 0 Å². The van der Waals surface area contributed by atoms with Crippen molar-refractivity contribution in [3.63, 3.8) is 0 Å². The lowest BCUT2D eigenvalue weighted by atomic mass is 10.6. The number of aliphatic imine (C=N–C) groups is 1. The Hall–Kier alpha value is -1.68. The second-order valence-electron chi connectivity index (χ2n) is 3.12. The van der Waals surface area contributed by atoms with Crippen molar-refractivity contribution < 1.29 is 0 Å². The zero-order valence-corrected chi connectivity index (χ0v) is 9.87. The van der Waals surface area contributed by atoms with E-state index in [0.717, 1.165) is 23.7 Å². The number of nitrogens with zero attached hydrogens (tertiary/aromatic N) is 4. The summed E-state index contributed by atoms with van der Waals surface area (Å²) in [4.78, 5) is 12.2. The highest BCUT2D eigenvalue weighted by molar-refractivity contribution is 7.98. The van der Waals surface area contributed by atoms with Gasteiger partial charge in [0.25, 0.3) is 0 Å². The van der Waals surface area contributed by atoms with Crippen molar-refractivity contribution in [2.45, 2.75) is 5.75 Å². The fraction of sp³-hybridized carbons (Fsp3) is 0.444. The molecule has 1 aromatic heterocycles. The number of hydrogen-bond acceptors (Lipinski definition) is 4. The van der Waals surface area contributed by atoms with Crippen LogP contribution in [-0.2, 0) is 5.75 Å². The van der Waals surface area contributed by atoms with E-state index in [1.807, 2.05) is 13.2 Å². The standard InChI is InChI=1S/C9H14N6S/c1-15(9(11)13-6-10)2-3-16-5-8-4-12-7-14-8/h4,7H,2-3,5H2,1H3,(H2,11,13)(H,12,14). The first kappa shape index (κ1) is 12.4. The molecule has 0 fully saturated rings. The van der Waals surface area contributed by atoms with Crippen molar-refractivity contribution in [1.29, 1.82) is 5.26 Å². The molecule has 1 heterocycles. The topological polar surface area (TPSA) is 94.1 Å². The summed E-state index contributed by atoms with van der Waals surface area (Å²) in [6, 6.07) is 0. The van der Waals surface area contributed by atoms with Crippen LogP contribution in [0.3, 0.4) is 0 Å². The van der Waals surface area contributed by atoms with Gasteiger partial charge in [0.15, 0.2) is 0 Å². The molecule has 86 valence electrons. The van der Waals surface area contributed by atoms with Gasteiger partial charge in [-0.1, -0.05) is 0 Å². The summed E-state index contributed by atoms with van der Waals surface area (Å²) in [7, 11) is 1.81. The Morgan fingerprint density at radius 3 is 3.25 bits per heavy atom. The Morgan fingerprint density at radius 1 is 1.81 bits per heavy atom. The van der Waals surface area contributed by atoms with Gasteiger partial charge < -0.3 is 15.6 Å². The van der Waals surface area contributed by atoms with Crippen LogP contribution >= 0.6 is 11.8 Å². The molecule has 0 bridgehead atoms. The van der Waals surface area contributed by atoms with E-state index in [-0.39, 0.29) is 5.96 Å². The number of rotatable bonds is 5. The molecule has 1 aromatic rings. The molecule has 0 radical (unpaired) electrons. The molecule has 6 nitrogen and oxygen atoms in total. The first-order valence-electron chi connectivity index (χ1n) is 4.72. The molecule has 1 rings (SSSR count). The van der Waals surface area contributed by atoms with Gasteiger partial charge in [-0.25, -0.2) is 4.98 Å². The fourth-order valence-corrected chi connectivity index (χ4v) is 1.92. The van der Waals surface area contributed by atoms with Crippen LogP contribution in [0.4, 0.5) is 0 Å². The predicted molar refractivity (Wildman–Crippen MR) is 64.6 cm³/mol. The average molecular weight is 238 g/mol. The van der Waals surface area contributed by atoms with Crippen molar-refractivity contribution in [2.75, 3.05) is 19.3 Å². The van der Waals surface area contributed by atoms with E-state index < -0.39 is 0 Å². The molecule has 0 aromatic carbocycles. The third kappa shape index (κ3) is 4.23. The molecular weight excluding hydrogens is 224 g/mol. The first-order valence-corrected chi connectivity index (χ1v) is 5.88. The molecule has 16 heavy (non-hydrogen) atoms. The SMILES string of the molecule is CN(CCSCc1cnc[nH]1)C(N)=NC#N. The van der Waals surface area contributed by atoms with Gasteiger partial charge in [0.05, 0.1) is 6.33 Å². The van der Waals surface area contributed by atoms with Crippen molar-refractivity contribution in [2.24, 2.45) is 10.7 Å². The predicted octanol–water partition coefficient (Wildman–Crippen LogP) is 0.370. The van der Waals surface area contributed by atoms with E-state index in [9.17, 15) is 0 Å². The largest absolute Gasteiger partial charge is 0.369 e. The van der Waals surface area contributed by atoms with Crippen LogP contribution < -0.4 is 5.73 Å². The fourth-order valence-electron chi connectivity index (χ4n) is 0.998. The lowest BCUT2D eigenvalue weighted by Crippen LogP contribution is -2.35.